The molecule has 0 aliphatic carbocycles. The Balaban J connectivity index is 1.73. The van der Waals surface area contributed by atoms with Gasteiger partial charge in [0.05, 0.1) is 11.4 Å². The third-order valence-corrected chi connectivity index (χ3v) is 7.72. The second kappa shape index (κ2) is 11.3. The first-order valence-electron chi connectivity index (χ1n) is 11.3. The van der Waals surface area contributed by atoms with Gasteiger partial charge in [0.25, 0.3) is 0 Å². The molecule has 2 aliphatic heterocycles. The number of rotatable bonds is 6. The maximum absolute atomic E-state index is 13.1. The zero-order chi connectivity index (χ0) is 24.7. The molecule has 0 unspecified atom stereocenters. The van der Waals surface area contributed by atoms with Gasteiger partial charge in [-0.15, -0.1) is 0 Å². The maximum Gasteiger partial charge on any atom is 0.247 e. The number of nitrogens with zero attached hydrogens (tertiary/aromatic N) is 5. The van der Waals surface area contributed by atoms with Gasteiger partial charge in [0.1, 0.15) is 6.04 Å². The number of benzene rings is 1. The molecule has 2 heterocycles. The fourth-order valence-corrected chi connectivity index (χ4v) is 4.86. The molecule has 2 amide bonds. The summed E-state index contributed by atoms with van der Waals surface area (Å²) >= 11 is 0. The van der Waals surface area contributed by atoms with Crippen molar-refractivity contribution < 1.29 is 18.0 Å². The molecule has 0 saturated carbocycles. The minimum atomic E-state index is -3.56. The van der Waals surface area contributed by atoms with Crippen LogP contribution in [0.15, 0.2) is 34.2 Å². The molecule has 0 aromatic heterocycles. The monoisotopic (exact) mass is 489 g/mol. The van der Waals surface area contributed by atoms with E-state index in [1.165, 1.54) is 26.2 Å². The van der Waals surface area contributed by atoms with Crippen molar-refractivity contribution in [2.24, 2.45) is 4.99 Å². The van der Waals surface area contributed by atoms with Crippen LogP contribution in [0.4, 0.5) is 5.69 Å². The number of hydrogen-bond acceptors (Lipinski definition) is 6. The SMILES string of the molecule is CN(C)S(=O)(=O)c1ccc(NC(=N[C@H]2CCCCN(CC(=O)N3CCCC3)C2=O)NC#N)cc1. The smallest absolute Gasteiger partial charge is 0.247 e. The normalized spacial score (nSPS) is 19.6. The lowest BCUT2D eigenvalue weighted by molar-refractivity contribution is -0.140. The Morgan fingerprint density at radius 1 is 1.15 bits per heavy atom. The van der Waals surface area contributed by atoms with Crippen molar-refractivity contribution in [2.75, 3.05) is 45.6 Å². The summed E-state index contributed by atoms with van der Waals surface area (Å²) in [4.78, 5) is 33.6. The van der Waals surface area contributed by atoms with Crippen molar-refractivity contribution in [3.8, 4) is 6.19 Å². The second-order valence-corrected chi connectivity index (χ2v) is 10.7. The number of anilines is 1. The molecule has 184 valence electrons. The summed E-state index contributed by atoms with van der Waals surface area (Å²) in [7, 11) is -0.656. The number of nitriles is 1. The highest BCUT2D eigenvalue weighted by molar-refractivity contribution is 7.89. The zero-order valence-electron chi connectivity index (χ0n) is 19.5. The van der Waals surface area contributed by atoms with E-state index < -0.39 is 16.1 Å². The van der Waals surface area contributed by atoms with Gasteiger partial charge in [0, 0.05) is 39.4 Å². The third-order valence-electron chi connectivity index (χ3n) is 5.89. The van der Waals surface area contributed by atoms with Crippen LogP contribution < -0.4 is 10.6 Å². The average molecular weight is 490 g/mol. The molecular formula is C22H31N7O4S. The van der Waals surface area contributed by atoms with Gasteiger partial charge in [0.2, 0.25) is 27.8 Å². The van der Waals surface area contributed by atoms with Crippen LogP contribution in [0.25, 0.3) is 0 Å². The molecular weight excluding hydrogens is 458 g/mol. The van der Waals surface area contributed by atoms with Crippen molar-refractivity contribution in [2.45, 2.75) is 43.0 Å². The molecule has 2 aliphatic rings. The molecule has 34 heavy (non-hydrogen) atoms. The van der Waals surface area contributed by atoms with Crippen LogP contribution in [0, 0.1) is 11.5 Å². The Morgan fingerprint density at radius 2 is 1.79 bits per heavy atom. The van der Waals surface area contributed by atoms with Crippen molar-refractivity contribution in [3.05, 3.63) is 24.3 Å². The Kier molecular flexibility index (Phi) is 8.46. The fourth-order valence-electron chi connectivity index (χ4n) is 3.95. The number of amides is 2. The molecule has 0 bridgehead atoms. The lowest BCUT2D eigenvalue weighted by Crippen LogP contribution is -2.45. The molecule has 3 rings (SSSR count). The largest absolute Gasteiger partial charge is 0.341 e. The summed E-state index contributed by atoms with van der Waals surface area (Å²) in [6, 6.07) is 5.28. The van der Waals surface area contributed by atoms with E-state index in [0.29, 0.717) is 18.7 Å². The van der Waals surface area contributed by atoms with E-state index in [1.54, 1.807) is 21.9 Å². The Labute approximate surface area is 200 Å². The lowest BCUT2D eigenvalue weighted by Gasteiger charge is -2.25. The van der Waals surface area contributed by atoms with Crippen molar-refractivity contribution in [1.82, 2.24) is 19.4 Å². The summed E-state index contributed by atoms with van der Waals surface area (Å²) < 4.78 is 25.6. The van der Waals surface area contributed by atoms with E-state index >= 15 is 0 Å². The lowest BCUT2D eigenvalue weighted by atomic mass is 10.1. The fraction of sp³-hybridized carbons (Fsp3) is 0.545. The van der Waals surface area contributed by atoms with Crippen LogP contribution in [0.3, 0.4) is 0 Å². The number of sulfonamides is 1. The van der Waals surface area contributed by atoms with Crippen LogP contribution in [0.2, 0.25) is 0 Å². The number of carbonyl (C=O) groups is 2. The van der Waals surface area contributed by atoms with Crippen LogP contribution in [-0.2, 0) is 19.6 Å². The van der Waals surface area contributed by atoms with Crippen LogP contribution in [0.5, 0.6) is 0 Å². The number of likely N-dealkylation sites (tertiary alicyclic amines) is 2. The highest BCUT2D eigenvalue weighted by Crippen LogP contribution is 2.19. The van der Waals surface area contributed by atoms with Crippen molar-refractivity contribution in [3.63, 3.8) is 0 Å². The minimum absolute atomic E-state index is 0.0428. The Morgan fingerprint density at radius 3 is 2.41 bits per heavy atom. The van der Waals surface area contributed by atoms with Crippen molar-refractivity contribution >= 4 is 33.5 Å². The van der Waals surface area contributed by atoms with Gasteiger partial charge >= 0.3 is 0 Å². The summed E-state index contributed by atoms with van der Waals surface area (Å²) in [6.07, 6.45) is 5.84. The Bertz CT molecular complexity index is 1060. The van der Waals surface area contributed by atoms with Crippen LogP contribution in [-0.4, -0.2) is 86.6 Å². The first-order valence-corrected chi connectivity index (χ1v) is 12.8. The van der Waals surface area contributed by atoms with Gasteiger partial charge in [-0.05, 0) is 56.4 Å². The van der Waals surface area contributed by atoms with Gasteiger partial charge in [-0.25, -0.2) is 17.7 Å². The molecule has 1 aromatic rings. The minimum Gasteiger partial charge on any atom is -0.341 e. The van der Waals surface area contributed by atoms with E-state index in [0.717, 1.165) is 43.1 Å². The number of guanidine groups is 1. The predicted molar refractivity (Wildman–Crippen MR) is 127 cm³/mol. The van der Waals surface area contributed by atoms with Gasteiger partial charge in [-0.2, -0.15) is 5.26 Å². The number of aliphatic imine (C=N–C) groups is 1. The number of nitrogens with one attached hydrogen (secondary N) is 2. The first kappa shape index (κ1) is 25.5. The van der Waals surface area contributed by atoms with E-state index in [-0.39, 0.29) is 29.2 Å². The first-order chi connectivity index (χ1) is 16.2. The molecule has 11 nitrogen and oxygen atoms in total. The molecule has 0 radical (unpaired) electrons. The summed E-state index contributed by atoms with van der Waals surface area (Å²) in [5.74, 6) is -0.204. The van der Waals surface area contributed by atoms with Gasteiger partial charge in [-0.1, -0.05) is 0 Å². The standard InChI is InChI=1S/C22H31N7O4S/c1-27(2)34(32,33)18-10-8-17(9-11-18)25-22(24-16-23)26-19-7-3-4-14-29(21(19)31)15-20(30)28-12-5-6-13-28/h8-11,19H,3-7,12-15H2,1-2H3,(H2,24,25,26)/t19-/m0/s1. The highest BCUT2D eigenvalue weighted by Gasteiger charge is 2.30. The Hall–Kier alpha value is -3.17. The average Bonchev–Trinajstić information content (AvgIpc) is 3.30. The topological polar surface area (TPSA) is 138 Å². The van der Waals surface area contributed by atoms with E-state index in [9.17, 15) is 18.0 Å². The molecule has 2 saturated heterocycles. The van der Waals surface area contributed by atoms with Gasteiger partial charge in [-0.3, -0.25) is 14.9 Å². The molecule has 1 atom stereocenters. The van der Waals surface area contributed by atoms with Crippen molar-refractivity contribution in [1.29, 1.82) is 5.26 Å². The summed E-state index contributed by atoms with van der Waals surface area (Å²) in [6.45, 7) is 2.01. The molecule has 2 N–H and O–H groups in total. The van der Waals surface area contributed by atoms with Gasteiger partial charge < -0.3 is 15.1 Å². The maximum atomic E-state index is 13.1. The quantitative estimate of drug-likeness (QED) is 0.261. The summed E-state index contributed by atoms with van der Waals surface area (Å²) in [5.41, 5.74) is 0.501. The predicted octanol–water partition coefficient (Wildman–Crippen LogP) is 0.779. The van der Waals surface area contributed by atoms with Gasteiger partial charge in [0.15, 0.2) is 6.19 Å². The molecule has 0 spiro atoms. The molecule has 1 aromatic carbocycles. The molecule has 12 heteroatoms. The van der Waals surface area contributed by atoms with Crippen LogP contribution >= 0.6 is 0 Å². The van der Waals surface area contributed by atoms with E-state index in [1.807, 2.05) is 6.19 Å². The molecule has 2 fully saturated rings. The second-order valence-electron chi connectivity index (χ2n) is 8.51. The number of carbonyl (C=O) groups excluding carboxylic acids is 2. The zero-order valence-corrected chi connectivity index (χ0v) is 20.3. The van der Waals surface area contributed by atoms with E-state index in [2.05, 4.69) is 15.6 Å². The highest BCUT2D eigenvalue weighted by atomic mass is 32.2. The summed E-state index contributed by atoms with van der Waals surface area (Å²) in [5, 5.41) is 14.6. The third kappa shape index (κ3) is 6.24. The number of hydrogen-bond donors (Lipinski definition) is 2. The van der Waals surface area contributed by atoms with E-state index in [4.69, 9.17) is 5.26 Å². The van der Waals surface area contributed by atoms with Crippen LogP contribution in [0.1, 0.15) is 32.1 Å².